The van der Waals surface area contributed by atoms with Crippen LogP contribution >= 0.6 is 0 Å². The Bertz CT molecular complexity index is 690. The molecule has 25 heavy (non-hydrogen) atoms. The first-order chi connectivity index (χ1) is 12.2. The third-order valence-electron chi connectivity index (χ3n) is 5.19. The number of aryl methyl sites for hydroxylation is 1. The highest BCUT2D eigenvalue weighted by Gasteiger charge is 2.39. The summed E-state index contributed by atoms with van der Waals surface area (Å²) in [5, 5.41) is 0. The van der Waals surface area contributed by atoms with E-state index in [-0.39, 0.29) is 5.41 Å². The number of hydrogen-bond donors (Lipinski definition) is 0. The van der Waals surface area contributed by atoms with E-state index in [1.807, 2.05) is 31.5 Å². The molecule has 6 heteroatoms. The van der Waals surface area contributed by atoms with E-state index in [9.17, 15) is 0 Å². The zero-order valence-corrected chi connectivity index (χ0v) is 14.9. The summed E-state index contributed by atoms with van der Waals surface area (Å²) in [6.45, 7) is 8.35. The second-order valence-corrected chi connectivity index (χ2v) is 7.35. The van der Waals surface area contributed by atoms with Crippen LogP contribution in [0.1, 0.15) is 24.4 Å². The van der Waals surface area contributed by atoms with Crippen molar-refractivity contribution in [2.24, 2.45) is 5.41 Å². The number of anilines is 1. The van der Waals surface area contributed by atoms with Gasteiger partial charge in [-0.2, -0.15) is 0 Å². The van der Waals surface area contributed by atoms with Gasteiger partial charge in [0.1, 0.15) is 11.5 Å². The van der Waals surface area contributed by atoms with E-state index >= 15 is 0 Å². The first kappa shape index (κ1) is 16.5. The van der Waals surface area contributed by atoms with Gasteiger partial charge in [-0.1, -0.05) is 0 Å². The molecule has 4 rings (SSSR count). The van der Waals surface area contributed by atoms with Crippen molar-refractivity contribution in [2.75, 3.05) is 44.3 Å². The monoisotopic (exact) mass is 342 g/mol. The second-order valence-electron chi connectivity index (χ2n) is 7.35. The van der Waals surface area contributed by atoms with Crippen molar-refractivity contribution < 1.29 is 9.15 Å². The lowest BCUT2D eigenvalue weighted by Gasteiger charge is -2.43. The third kappa shape index (κ3) is 3.85. The van der Waals surface area contributed by atoms with Gasteiger partial charge in [-0.15, -0.1) is 0 Å². The number of furan rings is 1. The minimum atomic E-state index is 0.135. The molecule has 0 amide bonds. The predicted octanol–water partition coefficient (Wildman–Crippen LogP) is 2.50. The zero-order chi connectivity index (χ0) is 17.1. The smallest absolute Gasteiger partial charge is 0.225 e. The molecule has 0 bridgehead atoms. The molecule has 0 radical (unpaired) electrons. The summed E-state index contributed by atoms with van der Waals surface area (Å²) in [7, 11) is 0. The number of nitrogens with zero attached hydrogens (tertiary/aromatic N) is 4. The number of ether oxygens (including phenoxy) is 1. The van der Waals surface area contributed by atoms with Crippen LogP contribution < -0.4 is 4.90 Å². The van der Waals surface area contributed by atoms with E-state index in [4.69, 9.17) is 9.15 Å². The number of likely N-dealkylation sites (tertiary alicyclic amines) is 1. The average Bonchev–Trinajstić information content (AvgIpc) is 2.92. The maximum absolute atomic E-state index is 5.99. The molecular formula is C19H26N4O2. The quantitative estimate of drug-likeness (QED) is 0.854. The maximum atomic E-state index is 5.99. The lowest BCUT2D eigenvalue weighted by molar-refractivity contribution is 0.00871. The number of rotatable bonds is 3. The summed E-state index contributed by atoms with van der Waals surface area (Å²) >= 11 is 0. The van der Waals surface area contributed by atoms with Gasteiger partial charge in [0.05, 0.1) is 19.8 Å². The van der Waals surface area contributed by atoms with Crippen LogP contribution in [0.3, 0.4) is 0 Å². The number of aromatic nitrogens is 2. The van der Waals surface area contributed by atoms with E-state index in [1.54, 1.807) is 0 Å². The van der Waals surface area contributed by atoms with Crippen LogP contribution in [0.2, 0.25) is 0 Å². The van der Waals surface area contributed by atoms with E-state index in [0.717, 1.165) is 63.4 Å². The van der Waals surface area contributed by atoms with Gasteiger partial charge in [0.15, 0.2) is 0 Å². The Morgan fingerprint density at radius 3 is 2.84 bits per heavy atom. The standard InChI is InChI=1S/C19H26N4O2/c1-16-4-5-17(25-16)12-22-9-2-6-19(13-22)14-23(10-11-24-15-19)18-20-7-3-8-21-18/h3-5,7-8H,2,6,9-15H2,1H3/t19-/m1/s1. The fraction of sp³-hybridized carbons (Fsp3) is 0.579. The molecule has 6 nitrogen and oxygen atoms in total. The summed E-state index contributed by atoms with van der Waals surface area (Å²) < 4.78 is 11.8. The molecule has 2 aromatic rings. The van der Waals surface area contributed by atoms with E-state index in [0.29, 0.717) is 0 Å². The summed E-state index contributed by atoms with van der Waals surface area (Å²) in [6, 6.07) is 5.99. The molecule has 134 valence electrons. The van der Waals surface area contributed by atoms with Crippen molar-refractivity contribution in [3.63, 3.8) is 0 Å². The van der Waals surface area contributed by atoms with Crippen molar-refractivity contribution >= 4 is 5.95 Å². The van der Waals surface area contributed by atoms with Crippen molar-refractivity contribution in [1.82, 2.24) is 14.9 Å². The Balaban J connectivity index is 1.48. The van der Waals surface area contributed by atoms with Crippen LogP contribution in [0.4, 0.5) is 5.95 Å². The summed E-state index contributed by atoms with van der Waals surface area (Å²) in [5.74, 6) is 2.84. The van der Waals surface area contributed by atoms with E-state index < -0.39 is 0 Å². The van der Waals surface area contributed by atoms with Crippen LogP contribution in [0.25, 0.3) is 0 Å². The van der Waals surface area contributed by atoms with Crippen molar-refractivity contribution in [1.29, 1.82) is 0 Å². The highest BCUT2D eigenvalue weighted by atomic mass is 16.5. The fourth-order valence-electron chi connectivity index (χ4n) is 4.10. The van der Waals surface area contributed by atoms with Gasteiger partial charge >= 0.3 is 0 Å². The summed E-state index contributed by atoms with van der Waals surface area (Å²) in [6.07, 6.45) is 6.00. The molecule has 2 fully saturated rings. The molecular weight excluding hydrogens is 316 g/mol. The van der Waals surface area contributed by atoms with Gasteiger partial charge in [-0.25, -0.2) is 9.97 Å². The lowest BCUT2D eigenvalue weighted by Crippen LogP contribution is -2.50. The van der Waals surface area contributed by atoms with Crippen molar-refractivity contribution in [2.45, 2.75) is 26.3 Å². The number of piperidine rings is 1. The minimum absolute atomic E-state index is 0.135. The molecule has 2 aromatic heterocycles. The molecule has 2 aliphatic heterocycles. The van der Waals surface area contributed by atoms with Gasteiger partial charge in [-0.05, 0) is 44.5 Å². The van der Waals surface area contributed by atoms with Crippen LogP contribution in [0, 0.1) is 12.3 Å². The molecule has 0 saturated carbocycles. The zero-order valence-electron chi connectivity index (χ0n) is 14.9. The molecule has 1 atom stereocenters. The summed E-state index contributed by atoms with van der Waals surface area (Å²) in [4.78, 5) is 13.7. The fourth-order valence-corrected chi connectivity index (χ4v) is 4.10. The topological polar surface area (TPSA) is 54.6 Å². The van der Waals surface area contributed by atoms with E-state index in [2.05, 4.69) is 25.8 Å². The first-order valence-corrected chi connectivity index (χ1v) is 9.10. The first-order valence-electron chi connectivity index (χ1n) is 9.10. The minimum Gasteiger partial charge on any atom is -0.465 e. The van der Waals surface area contributed by atoms with Gasteiger partial charge in [-0.3, -0.25) is 4.90 Å². The van der Waals surface area contributed by atoms with Gasteiger partial charge in [0, 0.05) is 37.4 Å². The van der Waals surface area contributed by atoms with Crippen LogP contribution in [-0.4, -0.2) is 54.3 Å². The molecule has 2 aliphatic rings. The third-order valence-corrected chi connectivity index (χ3v) is 5.19. The molecule has 0 aromatic carbocycles. The highest BCUT2D eigenvalue weighted by Crippen LogP contribution is 2.34. The van der Waals surface area contributed by atoms with Crippen molar-refractivity contribution in [3.05, 3.63) is 42.1 Å². The number of hydrogen-bond acceptors (Lipinski definition) is 6. The second kappa shape index (κ2) is 7.14. The van der Waals surface area contributed by atoms with Gasteiger partial charge < -0.3 is 14.1 Å². The van der Waals surface area contributed by atoms with Crippen LogP contribution in [0.5, 0.6) is 0 Å². The van der Waals surface area contributed by atoms with Crippen LogP contribution in [0.15, 0.2) is 35.0 Å². The Kier molecular flexibility index (Phi) is 4.72. The molecule has 0 unspecified atom stereocenters. The summed E-state index contributed by atoms with van der Waals surface area (Å²) in [5.41, 5.74) is 0.135. The highest BCUT2D eigenvalue weighted by molar-refractivity contribution is 5.29. The Morgan fingerprint density at radius 2 is 2.04 bits per heavy atom. The molecule has 0 aliphatic carbocycles. The van der Waals surface area contributed by atoms with Gasteiger partial charge in [0.25, 0.3) is 0 Å². The molecule has 1 spiro atoms. The molecule has 4 heterocycles. The average molecular weight is 342 g/mol. The predicted molar refractivity (Wildman–Crippen MR) is 95.5 cm³/mol. The van der Waals surface area contributed by atoms with Gasteiger partial charge in [0.2, 0.25) is 5.95 Å². The molecule has 2 saturated heterocycles. The molecule has 0 N–H and O–H groups in total. The Hall–Kier alpha value is -1.92. The largest absolute Gasteiger partial charge is 0.465 e. The lowest BCUT2D eigenvalue weighted by atomic mass is 9.80. The maximum Gasteiger partial charge on any atom is 0.225 e. The normalized spacial score (nSPS) is 25.2. The Morgan fingerprint density at radius 1 is 1.16 bits per heavy atom. The Labute approximate surface area is 148 Å². The van der Waals surface area contributed by atoms with E-state index in [1.165, 1.54) is 12.8 Å². The SMILES string of the molecule is Cc1ccc(CN2CCC[C@@]3(COCCN(c4ncccn4)C3)C2)o1. The van der Waals surface area contributed by atoms with Crippen LogP contribution in [-0.2, 0) is 11.3 Å². The van der Waals surface area contributed by atoms with Crippen molar-refractivity contribution in [3.8, 4) is 0 Å².